The summed E-state index contributed by atoms with van der Waals surface area (Å²) in [5.74, 6) is 0.442. The standard InChI is InChI=1S/C19H18N4O3/c1-2-17-21-22(12-18(24)20-11-13-6-4-3-5-7-13)19(25)15-10-16-14(23(15)17)8-9-26-16/h3-10H,2,11-12H2,1H3,(H,20,24). The number of aromatic nitrogens is 3. The summed E-state index contributed by atoms with van der Waals surface area (Å²) >= 11 is 0. The third kappa shape index (κ3) is 2.77. The fourth-order valence-corrected chi connectivity index (χ4v) is 3.05. The van der Waals surface area contributed by atoms with Gasteiger partial charge in [0.2, 0.25) is 5.91 Å². The Kier molecular flexibility index (Phi) is 4.04. The van der Waals surface area contributed by atoms with Crippen LogP contribution in [0.25, 0.3) is 16.6 Å². The van der Waals surface area contributed by atoms with Crippen LogP contribution in [0.1, 0.15) is 18.3 Å². The van der Waals surface area contributed by atoms with Crippen molar-refractivity contribution in [3.05, 3.63) is 70.5 Å². The molecule has 0 aliphatic heterocycles. The number of carbonyl (C=O) groups is 1. The SMILES string of the molecule is CCc1nn(CC(=O)NCc2ccccc2)c(=O)c2cc3occc3n12. The second-order valence-electron chi connectivity index (χ2n) is 6.03. The number of rotatable bonds is 5. The molecule has 0 fully saturated rings. The topological polar surface area (TPSA) is 81.5 Å². The van der Waals surface area contributed by atoms with Crippen LogP contribution in [0.5, 0.6) is 0 Å². The van der Waals surface area contributed by atoms with Gasteiger partial charge in [0.25, 0.3) is 5.56 Å². The van der Waals surface area contributed by atoms with Crippen molar-refractivity contribution in [2.45, 2.75) is 26.4 Å². The summed E-state index contributed by atoms with van der Waals surface area (Å²) in [5.41, 5.74) is 2.58. The monoisotopic (exact) mass is 350 g/mol. The molecule has 0 unspecified atom stereocenters. The van der Waals surface area contributed by atoms with Crippen molar-refractivity contribution in [2.24, 2.45) is 0 Å². The van der Waals surface area contributed by atoms with E-state index in [-0.39, 0.29) is 18.0 Å². The number of nitrogens with zero attached hydrogens (tertiary/aromatic N) is 3. The van der Waals surface area contributed by atoms with E-state index < -0.39 is 0 Å². The maximum Gasteiger partial charge on any atom is 0.291 e. The van der Waals surface area contributed by atoms with Gasteiger partial charge in [0.05, 0.1) is 11.8 Å². The van der Waals surface area contributed by atoms with Crippen molar-refractivity contribution in [1.82, 2.24) is 19.5 Å². The van der Waals surface area contributed by atoms with Gasteiger partial charge in [-0.2, -0.15) is 5.10 Å². The lowest BCUT2D eigenvalue weighted by Gasteiger charge is -2.10. The number of amides is 1. The number of furan rings is 1. The fraction of sp³-hybridized carbons (Fsp3) is 0.211. The Bertz CT molecular complexity index is 1140. The lowest BCUT2D eigenvalue weighted by atomic mass is 10.2. The van der Waals surface area contributed by atoms with Crippen LogP contribution < -0.4 is 10.9 Å². The fourth-order valence-electron chi connectivity index (χ4n) is 3.05. The van der Waals surface area contributed by atoms with Crippen LogP contribution in [-0.4, -0.2) is 20.1 Å². The van der Waals surface area contributed by atoms with Gasteiger partial charge in [-0.1, -0.05) is 37.3 Å². The van der Waals surface area contributed by atoms with Crippen molar-refractivity contribution in [3.8, 4) is 0 Å². The minimum atomic E-state index is -0.316. The van der Waals surface area contributed by atoms with E-state index in [4.69, 9.17) is 4.42 Å². The van der Waals surface area contributed by atoms with E-state index in [9.17, 15) is 9.59 Å². The molecule has 26 heavy (non-hydrogen) atoms. The maximum atomic E-state index is 12.7. The molecule has 4 rings (SSSR count). The van der Waals surface area contributed by atoms with Crippen molar-refractivity contribution in [2.75, 3.05) is 0 Å². The van der Waals surface area contributed by atoms with Crippen LogP contribution in [0.4, 0.5) is 0 Å². The van der Waals surface area contributed by atoms with E-state index in [0.717, 1.165) is 11.1 Å². The highest BCUT2D eigenvalue weighted by molar-refractivity contribution is 5.82. The van der Waals surface area contributed by atoms with E-state index in [1.807, 2.05) is 37.3 Å². The van der Waals surface area contributed by atoms with Gasteiger partial charge >= 0.3 is 0 Å². The Morgan fingerprint density at radius 2 is 2.00 bits per heavy atom. The largest absolute Gasteiger partial charge is 0.463 e. The third-order valence-electron chi connectivity index (χ3n) is 4.31. The number of hydrogen-bond acceptors (Lipinski definition) is 4. The zero-order valence-electron chi connectivity index (χ0n) is 14.3. The highest BCUT2D eigenvalue weighted by atomic mass is 16.3. The molecule has 0 aliphatic rings. The number of carbonyl (C=O) groups excluding carboxylic acids is 1. The average Bonchev–Trinajstić information content (AvgIpc) is 3.25. The predicted molar refractivity (Wildman–Crippen MR) is 96.9 cm³/mol. The van der Waals surface area contributed by atoms with Crippen molar-refractivity contribution >= 4 is 22.5 Å². The Balaban J connectivity index is 1.63. The van der Waals surface area contributed by atoms with E-state index in [2.05, 4.69) is 10.4 Å². The summed E-state index contributed by atoms with van der Waals surface area (Å²) in [7, 11) is 0. The van der Waals surface area contributed by atoms with Gasteiger partial charge in [-0.05, 0) is 5.56 Å². The molecule has 3 aromatic heterocycles. The molecule has 3 heterocycles. The molecule has 0 saturated carbocycles. The second-order valence-corrected chi connectivity index (χ2v) is 6.03. The molecule has 1 N–H and O–H groups in total. The first-order valence-corrected chi connectivity index (χ1v) is 8.46. The summed E-state index contributed by atoms with van der Waals surface area (Å²) in [5, 5.41) is 7.20. The van der Waals surface area contributed by atoms with E-state index in [1.54, 1.807) is 22.8 Å². The molecule has 0 saturated heterocycles. The lowest BCUT2D eigenvalue weighted by molar-refractivity contribution is -0.122. The normalized spacial score (nSPS) is 11.3. The van der Waals surface area contributed by atoms with E-state index in [1.165, 1.54) is 4.68 Å². The van der Waals surface area contributed by atoms with Gasteiger partial charge < -0.3 is 9.73 Å². The van der Waals surface area contributed by atoms with Gasteiger partial charge in [0.1, 0.15) is 17.9 Å². The minimum absolute atomic E-state index is 0.123. The number of hydrogen-bond donors (Lipinski definition) is 1. The summed E-state index contributed by atoms with van der Waals surface area (Å²) in [6.45, 7) is 2.25. The minimum Gasteiger partial charge on any atom is -0.463 e. The second kappa shape index (κ2) is 6.51. The van der Waals surface area contributed by atoms with Gasteiger partial charge in [0.15, 0.2) is 5.58 Å². The summed E-state index contributed by atoms with van der Waals surface area (Å²) < 4.78 is 8.40. The van der Waals surface area contributed by atoms with E-state index in [0.29, 0.717) is 29.9 Å². The highest BCUT2D eigenvalue weighted by Gasteiger charge is 2.16. The molecule has 7 nitrogen and oxygen atoms in total. The predicted octanol–water partition coefficient (Wildman–Crippen LogP) is 2.12. The molecule has 0 atom stereocenters. The first-order chi connectivity index (χ1) is 12.7. The van der Waals surface area contributed by atoms with Gasteiger partial charge in [-0.15, -0.1) is 0 Å². The Hall–Kier alpha value is -3.35. The number of benzene rings is 1. The first kappa shape index (κ1) is 16.1. The summed E-state index contributed by atoms with van der Waals surface area (Å²) in [6, 6.07) is 13.1. The summed E-state index contributed by atoms with van der Waals surface area (Å²) in [4.78, 5) is 25.0. The van der Waals surface area contributed by atoms with Crippen LogP contribution in [0.3, 0.4) is 0 Å². The Labute approximate surface area is 148 Å². The molecular formula is C19H18N4O3. The average molecular weight is 350 g/mol. The van der Waals surface area contributed by atoms with Crippen LogP contribution >= 0.6 is 0 Å². The number of fused-ring (bicyclic) bond motifs is 3. The third-order valence-corrected chi connectivity index (χ3v) is 4.31. The maximum absolute atomic E-state index is 12.7. The number of aryl methyl sites for hydroxylation is 1. The molecule has 132 valence electrons. The van der Waals surface area contributed by atoms with Crippen LogP contribution in [0, 0.1) is 0 Å². The van der Waals surface area contributed by atoms with Crippen molar-refractivity contribution in [1.29, 1.82) is 0 Å². The lowest BCUT2D eigenvalue weighted by Crippen LogP contribution is -2.35. The van der Waals surface area contributed by atoms with Gasteiger partial charge in [0, 0.05) is 25.1 Å². The van der Waals surface area contributed by atoms with Crippen LogP contribution in [-0.2, 0) is 24.3 Å². The van der Waals surface area contributed by atoms with Gasteiger partial charge in [-0.3, -0.25) is 14.0 Å². The summed E-state index contributed by atoms with van der Waals surface area (Å²) in [6.07, 6.45) is 2.20. The smallest absolute Gasteiger partial charge is 0.291 e. The molecule has 1 amide bonds. The van der Waals surface area contributed by atoms with Crippen LogP contribution in [0.15, 0.2) is 57.9 Å². The molecule has 0 radical (unpaired) electrons. The van der Waals surface area contributed by atoms with Gasteiger partial charge in [-0.25, -0.2) is 4.68 Å². The highest BCUT2D eigenvalue weighted by Crippen LogP contribution is 2.20. The molecule has 7 heteroatoms. The molecule has 0 spiro atoms. The zero-order chi connectivity index (χ0) is 18.1. The van der Waals surface area contributed by atoms with Crippen molar-refractivity contribution in [3.63, 3.8) is 0 Å². The molecule has 4 aromatic rings. The van der Waals surface area contributed by atoms with Crippen molar-refractivity contribution < 1.29 is 9.21 Å². The van der Waals surface area contributed by atoms with Crippen LogP contribution in [0.2, 0.25) is 0 Å². The Morgan fingerprint density at radius 3 is 2.77 bits per heavy atom. The molecule has 0 bridgehead atoms. The first-order valence-electron chi connectivity index (χ1n) is 8.46. The quantitative estimate of drug-likeness (QED) is 0.598. The molecular weight excluding hydrogens is 332 g/mol. The number of nitrogens with one attached hydrogen (secondary N) is 1. The zero-order valence-corrected chi connectivity index (χ0v) is 14.3. The molecule has 1 aromatic carbocycles. The molecule has 0 aliphatic carbocycles. The Morgan fingerprint density at radius 1 is 1.19 bits per heavy atom. The van der Waals surface area contributed by atoms with E-state index >= 15 is 0 Å².